The number of imidazole rings is 1. The number of benzene rings is 1. The van der Waals surface area contributed by atoms with Crippen molar-refractivity contribution in [3.63, 3.8) is 0 Å². The second-order valence-electron chi connectivity index (χ2n) is 3.85. The highest BCUT2D eigenvalue weighted by Crippen LogP contribution is 2.32. The molecule has 0 fully saturated rings. The van der Waals surface area contributed by atoms with Crippen LogP contribution < -0.4 is 14.2 Å². The van der Waals surface area contributed by atoms with Crippen molar-refractivity contribution in [2.24, 2.45) is 0 Å². The van der Waals surface area contributed by atoms with E-state index in [9.17, 15) is 8.42 Å². The second kappa shape index (κ2) is 4.47. The summed E-state index contributed by atoms with van der Waals surface area (Å²) in [4.78, 5) is 6.57. The fourth-order valence-electron chi connectivity index (χ4n) is 1.70. The summed E-state index contributed by atoms with van der Waals surface area (Å²) in [6, 6.07) is 4.46. The maximum Gasteiger partial charge on any atom is 0.264 e. The lowest BCUT2D eigenvalue weighted by Crippen LogP contribution is -2.17. The molecule has 0 saturated carbocycles. The first-order valence-corrected chi connectivity index (χ1v) is 7.05. The Kier molecular flexibility index (Phi) is 2.79. The van der Waals surface area contributed by atoms with E-state index in [1.807, 2.05) is 0 Å². The van der Waals surface area contributed by atoms with Crippen LogP contribution in [0.2, 0.25) is 0 Å². The molecule has 0 saturated heterocycles. The van der Waals surface area contributed by atoms with E-state index in [-0.39, 0.29) is 10.8 Å². The van der Waals surface area contributed by atoms with Gasteiger partial charge >= 0.3 is 0 Å². The molecule has 0 atom stereocenters. The molecular formula is C11H11N3O4S. The number of nitrogens with one attached hydrogen (secondary N) is 2. The third-order valence-corrected chi connectivity index (χ3v) is 3.89. The number of H-pyrrole nitrogens is 1. The summed E-state index contributed by atoms with van der Waals surface area (Å²) in [5, 5.41) is 0. The van der Waals surface area contributed by atoms with Crippen molar-refractivity contribution in [2.45, 2.75) is 4.90 Å². The fraction of sp³-hybridized carbons (Fsp3) is 0.182. The van der Waals surface area contributed by atoms with Gasteiger partial charge in [0.2, 0.25) is 5.95 Å². The van der Waals surface area contributed by atoms with Crippen LogP contribution in [-0.2, 0) is 10.0 Å². The van der Waals surface area contributed by atoms with Crippen molar-refractivity contribution in [1.82, 2.24) is 9.97 Å². The van der Waals surface area contributed by atoms with E-state index in [1.54, 1.807) is 6.07 Å². The number of aromatic amines is 1. The van der Waals surface area contributed by atoms with Gasteiger partial charge in [0.1, 0.15) is 13.2 Å². The van der Waals surface area contributed by atoms with Gasteiger partial charge < -0.3 is 14.5 Å². The minimum atomic E-state index is -3.70. The first-order chi connectivity index (χ1) is 9.15. The van der Waals surface area contributed by atoms with Gasteiger partial charge in [-0.15, -0.1) is 0 Å². The maximum atomic E-state index is 12.1. The average molecular weight is 281 g/mol. The standard InChI is InChI=1S/C11H11N3O4S/c15-19(16,14-11-12-3-4-13-11)8-1-2-9-10(7-8)18-6-5-17-9/h1-4,7H,5-6H2,(H2,12,13,14). The molecule has 1 aromatic carbocycles. The number of rotatable bonds is 3. The molecular weight excluding hydrogens is 270 g/mol. The Morgan fingerprint density at radius 2 is 2.00 bits per heavy atom. The lowest BCUT2D eigenvalue weighted by Gasteiger charge is -2.18. The number of sulfonamides is 1. The van der Waals surface area contributed by atoms with E-state index >= 15 is 0 Å². The van der Waals surface area contributed by atoms with Crippen molar-refractivity contribution >= 4 is 16.0 Å². The Labute approximate surface area is 109 Å². The molecule has 19 heavy (non-hydrogen) atoms. The fourth-order valence-corrected chi connectivity index (χ4v) is 2.69. The minimum Gasteiger partial charge on any atom is -0.486 e. The molecule has 0 spiro atoms. The first kappa shape index (κ1) is 11.8. The summed E-state index contributed by atoms with van der Waals surface area (Å²) in [5.41, 5.74) is 0. The number of anilines is 1. The molecule has 2 N–H and O–H groups in total. The summed E-state index contributed by atoms with van der Waals surface area (Å²) in [7, 11) is -3.70. The highest BCUT2D eigenvalue weighted by atomic mass is 32.2. The van der Waals surface area contributed by atoms with Crippen LogP contribution >= 0.6 is 0 Å². The summed E-state index contributed by atoms with van der Waals surface area (Å²) in [6.07, 6.45) is 2.99. The van der Waals surface area contributed by atoms with Crippen molar-refractivity contribution in [3.8, 4) is 11.5 Å². The second-order valence-corrected chi connectivity index (χ2v) is 5.53. The monoisotopic (exact) mass is 281 g/mol. The maximum absolute atomic E-state index is 12.1. The normalized spacial score (nSPS) is 14.1. The number of aromatic nitrogens is 2. The van der Waals surface area contributed by atoms with Crippen LogP contribution in [-0.4, -0.2) is 31.6 Å². The third-order valence-electron chi connectivity index (χ3n) is 2.55. The Bertz CT molecular complexity index is 682. The molecule has 1 aliphatic heterocycles. The van der Waals surface area contributed by atoms with Crippen molar-refractivity contribution in [2.75, 3.05) is 17.9 Å². The van der Waals surface area contributed by atoms with E-state index in [4.69, 9.17) is 9.47 Å². The highest BCUT2D eigenvalue weighted by Gasteiger charge is 2.19. The molecule has 0 radical (unpaired) electrons. The largest absolute Gasteiger partial charge is 0.486 e. The van der Waals surface area contributed by atoms with Crippen LogP contribution in [0, 0.1) is 0 Å². The van der Waals surface area contributed by atoms with Gasteiger partial charge in [-0.05, 0) is 12.1 Å². The molecule has 0 bridgehead atoms. The zero-order valence-electron chi connectivity index (χ0n) is 9.79. The van der Waals surface area contributed by atoms with Crippen LogP contribution in [0.1, 0.15) is 0 Å². The van der Waals surface area contributed by atoms with Crippen molar-refractivity contribution < 1.29 is 17.9 Å². The SMILES string of the molecule is O=S(=O)(Nc1ncc[nH]1)c1ccc2c(c1)OCCO2. The predicted octanol–water partition coefficient (Wildman–Crippen LogP) is 0.982. The average Bonchev–Trinajstić information content (AvgIpc) is 2.90. The Morgan fingerprint density at radius 1 is 1.21 bits per heavy atom. The van der Waals surface area contributed by atoms with Gasteiger partial charge in [-0.3, -0.25) is 0 Å². The predicted molar refractivity (Wildman–Crippen MR) is 66.8 cm³/mol. The van der Waals surface area contributed by atoms with E-state index in [0.29, 0.717) is 24.7 Å². The lowest BCUT2D eigenvalue weighted by molar-refractivity contribution is 0.171. The Hall–Kier alpha value is -2.22. The smallest absolute Gasteiger partial charge is 0.264 e. The third kappa shape index (κ3) is 2.34. The molecule has 1 aliphatic rings. The van der Waals surface area contributed by atoms with Gasteiger partial charge in [0.25, 0.3) is 10.0 Å². The van der Waals surface area contributed by atoms with Gasteiger partial charge in [0.15, 0.2) is 11.5 Å². The summed E-state index contributed by atoms with van der Waals surface area (Å²) >= 11 is 0. The number of hydrogen-bond donors (Lipinski definition) is 2. The van der Waals surface area contributed by atoms with E-state index in [0.717, 1.165) is 0 Å². The van der Waals surface area contributed by atoms with Crippen LogP contribution in [0.5, 0.6) is 11.5 Å². The van der Waals surface area contributed by atoms with Gasteiger partial charge in [-0.1, -0.05) is 0 Å². The van der Waals surface area contributed by atoms with E-state index < -0.39 is 10.0 Å². The molecule has 8 heteroatoms. The van der Waals surface area contributed by atoms with Crippen LogP contribution in [0.4, 0.5) is 5.95 Å². The van der Waals surface area contributed by atoms with Crippen LogP contribution in [0.3, 0.4) is 0 Å². The minimum absolute atomic E-state index is 0.0909. The number of nitrogens with zero attached hydrogens (tertiary/aromatic N) is 1. The molecule has 100 valence electrons. The van der Waals surface area contributed by atoms with Crippen molar-refractivity contribution in [3.05, 3.63) is 30.6 Å². The quantitative estimate of drug-likeness (QED) is 0.874. The molecule has 0 aliphatic carbocycles. The first-order valence-electron chi connectivity index (χ1n) is 5.57. The zero-order valence-corrected chi connectivity index (χ0v) is 10.6. The molecule has 0 amide bonds. The van der Waals surface area contributed by atoms with Gasteiger partial charge in [0, 0.05) is 18.5 Å². The van der Waals surface area contributed by atoms with Crippen LogP contribution in [0.15, 0.2) is 35.5 Å². The Balaban J connectivity index is 1.93. The number of fused-ring (bicyclic) bond motifs is 1. The molecule has 1 aromatic heterocycles. The van der Waals surface area contributed by atoms with Gasteiger partial charge in [-0.25, -0.2) is 18.1 Å². The molecule has 2 heterocycles. The summed E-state index contributed by atoms with van der Waals surface area (Å²) in [6.45, 7) is 0.867. The molecule has 3 rings (SSSR count). The zero-order chi connectivity index (χ0) is 13.3. The Morgan fingerprint density at radius 3 is 2.74 bits per heavy atom. The van der Waals surface area contributed by atoms with Gasteiger partial charge in [0.05, 0.1) is 4.90 Å². The molecule has 0 unspecified atom stereocenters. The molecule has 2 aromatic rings. The topological polar surface area (TPSA) is 93.3 Å². The van der Waals surface area contributed by atoms with Crippen LogP contribution in [0.25, 0.3) is 0 Å². The number of hydrogen-bond acceptors (Lipinski definition) is 5. The van der Waals surface area contributed by atoms with E-state index in [1.165, 1.54) is 24.5 Å². The van der Waals surface area contributed by atoms with Gasteiger partial charge in [-0.2, -0.15) is 0 Å². The highest BCUT2D eigenvalue weighted by molar-refractivity contribution is 7.92. The lowest BCUT2D eigenvalue weighted by atomic mass is 10.3. The summed E-state index contributed by atoms with van der Waals surface area (Å²) in [5.74, 6) is 1.13. The number of ether oxygens (including phenoxy) is 2. The van der Waals surface area contributed by atoms with Crippen molar-refractivity contribution in [1.29, 1.82) is 0 Å². The van der Waals surface area contributed by atoms with E-state index in [2.05, 4.69) is 14.7 Å². The molecule has 7 nitrogen and oxygen atoms in total. The summed E-state index contributed by atoms with van der Waals surface area (Å²) < 4.78 is 37.3.